The number of imide groups is 1. The highest BCUT2D eigenvalue weighted by atomic mass is 16.2. The molecule has 1 aliphatic rings. The zero-order valence-corrected chi connectivity index (χ0v) is 14.8. The second-order valence-electron chi connectivity index (χ2n) is 6.40. The molecule has 1 aliphatic heterocycles. The monoisotopic (exact) mass is 351 g/mol. The predicted octanol–water partition coefficient (Wildman–Crippen LogP) is 2.42. The summed E-state index contributed by atoms with van der Waals surface area (Å²) in [5.74, 6) is -0.714. The SMILES string of the molecule is CC(NC(=O)CN1C(=O)CN(C)C1=O)c1ccc(-c2ccccc2)cc1. The van der Waals surface area contributed by atoms with Gasteiger partial charge in [-0.1, -0.05) is 54.6 Å². The van der Waals surface area contributed by atoms with Crippen molar-refractivity contribution in [2.24, 2.45) is 0 Å². The predicted molar refractivity (Wildman–Crippen MR) is 98.2 cm³/mol. The van der Waals surface area contributed by atoms with E-state index in [1.165, 1.54) is 11.9 Å². The number of hydrogen-bond donors (Lipinski definition) is 1. The second-order valence-corrected chi connectivity index (χ2v) is 6.40. The first-order valence-corrected chi connectivity index (χ1v) is 8.46. The summed E-state index contributed by atoms with van der Waals surface area (Å²) in [6, 6.07) is 17.3. The summed E-state index contributed by atoms with van der Waals surface area (Å²) in [5, 5.41) is 2.83. The Bertz CT molecular complexity index is 818. The first kappa shape index (κ1) is 17.7. The lowest BCUT2D eigenvalue weighted by Crippen LogP contribution is -2.41. The van der Waals surface area contributed by atoms with Gasteiger partial charge in [0.15, 0.2) is 0 Å². The molecular weight excluding hydrogens is 330 g/mol. The van der Waals surface area contributed by atoms with E-state index in [-0.39, 0.29) is 30.9 Å². The van der Waals surface area contributed by atoms with Crippen molar-refractivity contribution in [1.29, 1.82) is 0 Å². The van der Waals surface area contributed by atoms with E-state index in [1.807, 2.05) is 61.5 Å². The Hall–Kier alpha value is -3.15. The van der Waals surface area contributed by atoms with Crippen LogP contribution in [0.15, 0.2) is 54.6 Å². The van der Waals surface area contributed by atoms with E-state index in [1.54, 1.807) is 0 Å². The number of nitrogens with zero attached hydrogens (tertiary/aromatic N) is 2. The van der Waals surface area contributed by atoms with Crippen LogP contribution >= 0.6 is 0 Å². The summed E-state index contributed by atoms with van der Waals surface area (Å²) in [6.07, 6.45) is 0. The third-order valence-electron chi connectivity index (χ3n) is 4.43. The number of carbonyl (C=O) groups excluding carboxylic acids is 3. The molecule has 0 spiro atoms. The molecule has 6 heteroatoms. The lowest BCUT2D eigenvalue weighted by Gasteiger charge is -2.18. The highest BCUT2D eigenvalue weighted by molar-refractivity contribution is 6.04. The summed E-state index contributed by atoms with van der Waals surface area (Å²) in [4.78, 5) is 38.0. The van der Waals surface area contributed by atoms with Gasteiger partial charge in [0.25, 0.3) is 5.91 Å². The first-order chi connectivity index (χ1) is 12.5. The molecule has 134 valence electrons. The maximum absolute atomic E-state index is 12.2. The largest absolute Gasteiger partial charge is 0.348 e. The average molecular weight is 351 g/mol. The maximum Gasteiger partial charge on any atom is 0.327 e. The van der Waals surface area contributed by atoms with Crippen molar-refractivity contribution in [3.8, 4) is 11.1 Å². The van der Waals surface area contributed by atoms with Gasteiger partial charge < -0.3 is 10.2 Å². The van der Waals surface area contributed by atoms with E-state index < -0.39 is 6.03 Å². The second kappa shape index (κ2) is 7.39. The molecular formula is C20H21N3O3. The highest BCUT2D eigenvalue weighted by Crippen LogP contribution is 2.21. The standard InChI is InChI=1S/C20H21N3O3/c1-14(21-18(24)12-23-19(25)13-22(2)20(23)26)15-8-10-17(11-9-15)16-6-4-3-5-7-16/h3-11,14H,12-13H2,1-2H3,(H,21,24). The van der Waals surface area contributed by atoms with E-state index in [4.69, 9.17) is 0 Å². The fraction of sp³-hybridized carbons (Fsp3) is 0.250. The molecule has 1 fully saturated rings. The lowest BCUT2D eigenvalue weighted by molar-refractivity contribution is -0.131. The quantitative estimate of drug-likeness (QED) is 0.841. The Balaban J connectivity index is 1.61. The molecule has 1 atom stereocenters. The minimum absolute atomic E-state index is 0.0165. The van der Waals surface area contributed by atoms with Gasteiger partial charge >= 0.3 is 6.03 Å². The topological polar surface area (TPSA) is 69.7 Å². The minimum Gasteiger partial charge on any atom is -0.348 e. The lowest BCUT2D eigenvalue weighted by atomic mass is 10.0. The summed E-state index contributed by atoms with van der Waals surface area (Å²) in [6.45, 7) is 1.63. The fourth-order valence-corrected chi connectivity index (χ4v) is 2.93. The zero-order valence-electron chi connectivity index (χ0n) is 14.8. The number of urea groups is 1. The van der Waals surface area contributed by atoms with Gasteiger partial charge in [0, 0.05) is 7.05 Å². The molecule has 3 rings (SSSR count). The van der Waals surface area contributed by atoms with Crippen molar-refractivity contribution in [2.45, 2.75) is 13.0 Å². The number of rotatable bonds is 5. The van der Waals surface area contributed by atoms with Crippen LogP contribution in [0.4, 0.5) is 4.79 Å². The van der Waals surface area contributed by atoms with Gasteiger partial charge in [-0.05, 0) is 23.6 Å². The molecule has 1 unspecified atom stereocenters. The normalized spacial score (nSPS) is 15.3. The molecule has 2 aromatic rings. The number of carbonyl (C=O) groups is 3. The Morgan fingerprint density at radius 2 is 1.65 bits per heavy atom. The van der Waals surface area contributed by atoms with Gasteiger partial charge in [0.05, 0.1) is 6.04 Å². The van der Waals surface area contributed by atoms with Crippen molar-refractivity contribution < 1.29 is 14.4 Å². The Morgan fingerprint density at radius 1 is 1.04 bits per heavy atom. The first-order valence-electron chi connectivity index (χ1n) is 8.46. The van der Waals surface area contributed by atoms with Crippen LogP contribution in [0.1, 0.15) is 18.5 Å². The fourth-order valence-electron chi connectivity index (χ4n) is 2.93. The van der Waals surface area contributed by atoms with E-state index in [0.717, 1.165) is 21.6 Å². The molecule has 2 aromatic carbocycles. The van der Waals surface area contributed by atoms with Gasteiger partial charge in [0.1, 0.15) is 13.1 Å². The van der Waals surface area contributed by atoms with Crippen LogP contribution < -0.4 is 5.32 Å². The van der Waals surface area contributed by atoms with E-state index >= 15 is 0 Å². The summed E-state index contributed by atoms with van der Waals surface area (Å²) < 4.78 is 0. The van der Waals surface area contributed by atoms with Crippen LogP contribution in [0.25, 0.3) is 11.1 Å². The summed E-state index contributed by atoms with van der Waals surface area (Å²) in [7, 11) is 1.54. The zero-order chi connectivity index (χ0) is 18.7. The highest BCUT2D eigenvalue weighted by Gasteiger charge is 2.34. The third-order valence-corrected chi connectivity index (χ3v) is 4.43. The van der Waals surface area contributed by atoms with Crippen LogP contribution in [0.3, 0.4) is 0 Å². The molecule has 0 radical (unpaired) electrons. The van der Waals surface area contributed by atoms with E-state index in [2.05, 4.69) is 5.32 Å². The molecule has 0 aliphatic carbocycles. The summed E-state index contributed by atoms with van der Waals surface area (Å²) in [5.41, 5.74) is 3.18. The van der Waals surface area contributed by atoms with Crippen molar-refractivity contribution in [1.82, 2.24) is 15.1 Å². The molecule has 1 saturated heterocycles. The van der Waals surface area contributed by atoms with Crippen LogP contribution in [0, 0.1) is 0 Å². The van der Waals surface area contributed by atoms with E-state index in [9.17, 15) is 14.4 Å². The summed E-state index contributed by atoms with van der Waals surface area (Å²) >= 11 is 0. The molecule has 0 aromatic heterocycles. The van der Waals surface area contributed by atoms with Crippen molar-refractivity contribution >= 4 is 17.8 Å². The van der Waals surface area contributed by atoms with Gasteiger partial charge in [0.2, 0.25) is 5.91 Å². The Labute approximate surface area is 152 Å². The molecule has 1 N–H and O–H groups in total. The number of likely N-dealkylation sites (N-methyl/N-ethyl adjacent to an activating group) is 1. The van der Waals surface area contributed by atoms with E-state index in [0.29, 0.717) is 0 Å². The number of amides is 4. The molecule has 1 heterocycles. The average Bonchev–Trinajstić information content (AvgIpc) is 2.88. The van der Waals surface area contributed by atoms with Gasteiger partial charge in [-0.15, -0.1) is 0 Å². The smallest absolute Gasteiger partial charge is 0.327 e. The third kappa shape index (κ3) is 3.74. The maximum atomic E-state index is 12.2. The molecule has 0 bridgehead atoms. The molecule has 26 heavy (non-hydrogen) atoms. The molecule has 0 saturated carbocycles. The van der Waals surface area contributed by atoms with Gasteiger partial charge in [-0.25, -0.2) is 4.79 Å². The van der Waals surface area contributed by atoms with Crippen molar-refractivity contribution in [3.05, 3.63) is 60.2 Å². The van der Waals surface area contributed by atoms with Crippen molar-refractivity contribution in [3.63, 3.8) is 0 Å². The number of benzene rings is 2. The Kier molecular flexibility index (Phi) is 5.02. The minimum atomic E-state index is -0.440. The van der Waals surface area contributed by atoms with Gasteiger partial charge in [-0.3, -0.25) is 14.5 Å². The molecule has 6 nitrogen and oxygen atoms in total. The van der Waals surface area contributed by atoms with Crippen LogP contribution in [0.2, 0.25) is 0 Å². The molecule has 4 amide bonds. The number of nitrogens with one attached hydrogen (secondary N) is 1. The van der Waals surface area contributed by atoms with Gasteiger partial charge in [-0.2, -0.15) is 0 Å². The Morgan fingerprint density at radius 3 is 2.23 bits per heavy atom. The van der Waals surface area contributed by atoms with Crippen LogP contribution in [-0.2, 0) is 9.59 Å². The number of hydrogen-bond acceptors (Lipinski definition) is 3. The van der Waals surface area contributed by atoms with Crippen molar-refractivity contribution in [2.75, 3.05) is 20.1 Å². The van der Waals surface area contributed by atoms with Crippen LogP contribution in [0.5, 0.6) is 0 Å². The van der Waals surface area contributed by atoms with Crippen LogP contribution in [-0.4, -0.2) is 47.8 Å².